The van der Waals surface area contributed by atoms with Crippen LogP contribution in [0.3, 0.4) is 0 Å². The zero-order valence-electron chi connectivity index (χ0n) is 8.41. The zero-order chi connectivity index (χ0) is 10.0. The molecule has 4 N–H and O–H groups in total. The highest BCUT2D eigenvalue weighted by Crippen LogP contribution is 2.21. The normalized spacial score (nSPS) is 13.3. The van der Waals surface area contributed by atoms with Crippen molar-refractivity contribution in [1.29, 1.82) is 0 Å². The summed E-state index contributed by atoms with van der Waals surface area (Å²) >= 11 is 0. The molecule has 1 atom stereocenters. The quantitative estimate of drug-likeness (QED) is 0.725. The lowest BCUT2D eigenvalue weighted by Gasteiger charge is -2.17. The van der Waals surface area contributed by atoms with Crippen LogP contribution in [0.25, 0.3) is 0 Å². The van der Waals surface area contributed by atoms with E-state index >= 15 is 0 Å². The third-order valence-corrected chi connectivity index (χ3v) is 2.23. The number of pyridine rings is 1. The summed E-state index contributed by atoms with van der Waals surface area (Å²) in [7, 11) is 0. The molecule has 0 amide bonds. The third-order valence-electron chi connectivity index (χ3n) is 2.23. The molecule has 72 valence electrons. The largest absolute Gasteiger partial charge is 0.384 e. The molecule has 0 aliphatic carbocycles. The van der Waals surface area contributed by atoms with Crippen molar-refractivity contribution in [1.82, 2.24) is 4.98 Å². The summed E-state index contributed by atoms with van der Waals surface area (Å²) < 4.78 is 0. The van der Waals surface area contributed by atoms with Gasteiger partial charge in [0.2, 0.25) is 0 Å². The number of nitrogens with zero attached hydrogens (tertiary/aromatic N) is 1. The number of anilines is 1. The summed E-state index contributed by atoms with van der Waals surface area (Å²) in [6.07, 6.45) is 0. The van der Waals surface area contributed by atoms with Crippen LogP contribution in [0.15, 0.2) is 12.1 Å². The van der Waals surface area contributed by atoms with Gasteiger partial charge in [-0.15, -0.1) is 0 Å². The molecule has 0 saturated heterocycles. The van der Waals surface area contributed by atoms with Crippen LogP contribution in [-0.2, 0) is 0 Å². The molecule has 0 fully saturated rings. The van der Waals surface area contributed by atoms with E-state index in [-0.39, 0.29) is 6.04 Å². The van der Waals surface area contributed by atoms with Gasteiger partial charge in [-0.1, -0.05) is 19.9 Å². The highest BCUT2D eigenvalue weighted by molar-refractivity contribution is 5.35. The van der Waals surface area contributed by atoms with Crippen molar-refractivity contribution in [2.45, 2.75) is 26.8 Å². The fourth-order valence-electron chi connectivity index (χ4n) is 1.30. The molecular weight excluding hydrogens is 162 g/mol. The Kier molecular flexibility index (Phi) is 2.88. The molecule has 0 aliphatic rings. The predicted molar refractivity (Wildman–Crippen MR) is 55.2 cm³/mol. The molecular formula is C10H17N3. The SMILES string of the molecule is Cc1nc(N)ccc1[C@H](N)C(C)C. The second-order valence-electron chi connectivity index (χ2n) is 3.68. The Labute approximate surface area is 79.2 Å². The number of rotatable bonds is 2. The van der Waals surface area contributed by atoms with Gasteiger partial charge in [0.1, 0.15) is 5.82 Å². The lowest BCUT2D eigenvalue weighted by molar-refractivity contribution is 0.510. The second kappa shape index (κ2) is 3.75. The lowest BCUT2D eigenvalue weighted by Crippen LogP contribution is -2.18. The fourth-order valence-corrected chi connectivity index (χ4v) is 1.30. The standard InChI is InChI=1S/C10H17N3/c1-6(2)10(12)8-4-5-9(11)13-7(8)3/h4-6,10H,12H2,1-3H3,(H2,11,13)/t10-/m1/s1. The van der Waals surface area contributed by atoms with Crippen LogP contribution in [0, 0.1) is 12.8 Å². The van der Waals surface area contributed by atoms with Crippen molar-refractivity contribution < 1.29 is 0 Å². The van der Waals surface area contributed by atoms with Gasteiger partial charge in [0.25, 0.3) is 0 Å². The number of nitrogens with two attached hydrogens (primary N) is 2. The van der Waals surface area contributed by atoms with Crippen molar-refractivity contribution in [3.63, 3.8) is 0 Å². The molecule has 0 aliphatic heterocycles. The average Bonchev–Trinajstić information content (AvgIpc) is 2.03. The van der Waals surface area contributed by atoms with Crippen molar-refractivity contribution >= 4 is 5.82 Å². The summed E-state index contributed by atoms with van der Waals surface area (Å²) in [5, 5.41) is 0. The van der Waals surface area contributed by atoms with Gasteiger partial charge < -0.3 is 11.5 Å². The number of aromatic nitrogens is 1. The minimum atomic E-state index is 0.0492. The molecule has 13 heavy (non-hydrogen) atoms. The number of hydrogen-bond donors (Lipinski definition) is 2. The van der Waals surface area contributed by atoms with E-state index in [1.54, 1.807) is 6.07 Å². The van der Waals surface area contributed by atoms with Gasteiger partial charge in [-0.05, 0) is 24.5 Å². The Bertz CT molecular complexity index is 294. The maximum atomic E-state index is 6.01. The molecule has 0 aromatic carbocycles. The molecule has 0 spiro atoms. The highest BCUT2D eigenvalue weighted by atomic mass is 14.8. The molecule has 1 rings (SSSR count). The van der Waals surface area contributed by atoms with Crippen molar-refractivity contribution in [2.24, 2.45) is 11.7 Å². The van der Waals surface area contributed by atoms with E-state index in [2.05, 4.69) is 18.8 Å². The first kappa shape index (κ1) is 9.99. The van der Waals surface area contributed by atoms with Gasteiger partial charge in [0.15, 0.2) is 0 Å². The van der Waals surface area contributed by atoms with Crippen LogP contribution in [0.5, 0.6) is 0 Å². The molecule has 0 radical (unpaired) electrons. The second-order valence-corrected chi connectivity index (χ2v) is 3.68. The molecule has 1 heterocycles. The molecule has 0 bridgehead atoms. The van der Waals surface area contributed by atoms with Gasteiger partial charge >= 0.3 is 0 Å². The van der Waals surface area contributed by atoms with Crippen molar-refractivity contribution in [3.05, 3.63) is 23.4 Å². The van der Waals surface area contributed by atoms with Crippen LogP contribution in [0.4, 0.5) is 5.82 Å². The highest BCUT2D eigenvalue weighted by Gasteiger charge is 2.13. The smallest absolute Gasteiger partial charge is 0.123 e. The first-order valence-corrected chi connectivity index (χ1v) is 4.51. The Morgan fingerprint density at radius 2 is 1.92 bits per heavy atom. The van der Waals surface area contributed by atoms with E-state index in [1.807, 2.05) is 13.0 Å². The number of nitrogen functional groups attached to an aromatic ring is 1. The van der Waals surface area contributed by atoms with E-state index in [0.29, 0.717) is 11.7 Å². The first-order valence-electron chi connectivity index (χ1n) is 4.51. The number of aryl methyl sites for hydroxylation is 1. The summed E-state index contributed by atoms with van der Waals surface area (Å²) in [6.45, 7) is 6.13. The monoisotopic (exact) mass is 179 g/mol. The Morgan fingerprint density at radius 3 is 2.38 bits per heavy atom. The van der Waals surface area contributed by atoms with E-state index in [4.69, 9.17) is 11.5 Å². The Hall–Kier alpha value is -1.09. The van der Waals surface area contributed by atoms with Crippen LogP contribution >= 0.6 is 0 Å². The maximum Gasteiger partial charge on any atom is 0.123 e. The van der Waals surface area contributed by atoms with Crippen LogP contribution in [-0.4, -0.2) is 4.98 Å². The van der Waals surface area contributed by atoms with Gasteiger partial charge in [-0.3, -0.25) is 0 Å². The van der Waals surface area contributed by atoms with Gasteiger partial charge in [-0.25, -0.2) is 4.98 Å². The van der Waals surface area contributed by atoms with E-state index in [1.165, 1.54) is 0 Å². The van der Waals surface area contributed by atoms with Gasteiger partial charge in [0.05, 0.1) is 0 Å². The Morgan fingerprint density at radius 1 is 1.31 bits per heavy atom. The Balaban J connectivity index is 3.01. The molecule has 0 saturated carbocycles. The fraction of sp³-hybridized carbons (Fsp3) is 0.500. The molecule has 1 aromatic rings. The van der Waals surface area contributed by atoms with Crippen molar-refractivity contribution in [3.8, 4) is 0 Å². The average molecular weight is 179 g/mol. The van der Waals surface area contributed by atoms with E-state index < -0.39 is 0 Å². The molecule has 3 heteroatoms. The van der Waals surface area contributed by atoms with Gasteiger partial charge in [-0.2, -0.15) is 0 Å². The topological polar surface area (TPSA) is 64.9 Å². The molecule has 0 unspecified atom stereocenters. The maximum absolute atomic E-state index is 6.01. The summed E-state index contributed by atoms with van der Waals surface area (Å²) in [6, 6.07) is 3.81. The lowest BCUT2D eigenvalue weighted by atomic mass is 9.96. The van der Waals surface area contributed by atoms with E-state index in [9.17, 15) is 0 Å². The third kappa shape index (κ3) is 2.18. The van der Waals surface area contributed by atoms with Gasteiger partial charge in [0, 0.05) is 11.7 Å². The summed E-state index contributed by atoms with van der Waals surface area (Å²) in [5.41, 5.74) is 13.6. The van der Waals surface area contributed by atoms with Crippen LogP contribution in [0.2, 0.25) is 0 Å². The molecule has 1 aromatic heterocycles. The molecule has 3 nitrogen and oxygen atoms in total. The number of hydrogen-bond acceptors (Lipinski definition) is 3. The van der Waals surface area contributed by atoms with Crippen molar-refractivity contribution in [2.75, 3.05) is 5.73 Å². The summed E-state index contributed by atoms with van der Waals surface area (Å²) in [5.74, 6) is 0.973. The predicted octanol–water partition coefficient (Wildman–Crippen LogP) is 1.63. The van der Waals surface area contributed by atoms with Crippen LogP contribution < -0.4 is 11.5 Å². The minimum absolute atomic E-state index is 0.0492. The summed E-state index contributed by atoms with van der Waals surface area (Å²) in [4.78, 5) is 4.17. The minimum Gasteiger partial charge on any atom is -0.384 e. The zero-order valence-corrected chi connectivity index (χ0v) is 8.41. The van der Waals surface area contributed by atoms with E-state index in [0.717, 1.165) is 11.3 Å². The van der Waals surface area contributed by atoms with Crippen LogP contribution in [0.1, 0.15) is 31.1 Å². The first-order chi connectivity index (χ1) is 6.02.